The number of hydrogen-bond donors (Lipinski definition) is 1. The third kappa shape index (κ3) is 4.32. The van der Waals surface area contributed by atoms with Gasteiger partial charge in [-0.1, -0.05) is 6.07 Å². The summed E-state index contributed by atoms with van der Waals surface area (Å²) in [5, 5.41) is 13.0. The van der Waals surface area contributed by atoms with Crippen molar-refractivity contribution in [2.24, 2.45) is 0 Å². The van der Waals surface area contributed by atoms with Crippen LogP contribution in [0.4, 0.5) is 5.00 Å². The van der Waals surface area contributed by atoms with E-state index in [-0.39, 0.29) is 5.91 Å². The van der Waals surface area contributed by atoms with E-state index in [0.717, 1.165) is 36.8 Å². The molecule has 5 nitrogen and oxygen atoms in total. The number of carbonyl (C=O) groups is 1. The maximum Gasteiger partial charge on any atom is 0.249 e. The summed E-state index contributed by atoms with van der Waals surface area (Å²) < 4.78 is 10.8. The Morgan fingerprint density at radius 2 is 2.15 bits per heavy atom. The summed E-state index contributed by atoms with van der Waals surface area (Å²) in [6, 6.07) is 7.76. The summed E-state index contributed by atoms with van der Waals surface area (Å²) in [4.78, 5) is 13.6. The van der Waals surface area contributed by atoms with Gasteiger partial charge in [-0.25, -0.2) is 0 Å². The summed E-state index contributed by atoms with van der Waals surface area (Å²) in [5.74, 6) is 1.04. The molecule has 2 aromatic rings. The molecule has 1 aromatic carbocycles. The fourth-order valence-corrected chi connectivity index (χ4v) is 4.40. The van der Waals surface area contributed by atoms with E-state index in [4.69, 9.17) is 9.47 Å². The molecule has 3 rings (SSSR count). The molecule has 0 atom stereocenters. The molecule has 0 radical (unpaired) electrons. The molecule has 1 aliphatic rings. The number of carbonyl (C=O) groups excluding carboxylic acids is 1. The zero-order chi connectivity index (χ0) is 19.2. The lowest BCUT2D eigenvalue weighted by molar-refractivity contribution is -0.111. The van der Waals surface area contributed by atoms with Crippen LogP contribution < -0.4 is 14.8 Å². The van der Waals surface area contributed by atoms with E-state index in [0.29, 0.717) is 28.7 Å². The van der Waals surface area contributed by atoms with E-state index >= 15 is 0 Å². The van der Waals surface area contributed by atoms with Gasteiger partial charge in [0.1, 0.15) is 11.1 Å². The standard InChI is InChI=1S/C21H22N2O3S/c1-3-26-17-10-8-14(12-18(17)25-2)9-11-20(24)23-21-16(13-22)15-6-4-5-7-19(15)27-21/h8-12H,3-7H2,1-2H3,(H,23,24)/b11-9+. The molecule has 1 amide bonds. The molecule has 0 spiro atoms. The van der Waals surface area contributed by atoms with Crippen molar-refractivity contribution in [3.8, 4) is 17.6 Å². The number of hydrogen-bond acceptors (Lipinski definition) is 5. The molecule has 0 fully saturated rings. The van der Waals surface area contributed by atoms with Crippen molar-refractivity contribution in [3.63, 3.8) is 0 Å². The second kappa shape index (κ2) is 8.74. The molecule has 0 saturated carbocycles. The van der Waals surface area contributed by atoms with Gasteiger partial charge in [-0.15, -0.1) is 11.3 Å². The number of amides is 1. The molecule has 1 aromatic heterocycles. The molecule has 1 N–H and O–H groups in total. The van der Waals surface area contributed by atoms with Crippen LogP contribution >= 0.6 is 11.3 Å². The molecule has 0 saturated heterocycles. The Bertz CT molecular complexity index is 909. The van der Waals surface area contributed by atoms with Crippen LogP contribution in [0.5, 0.6) is 11.5 Å². The van der Waals surface area contributed by atoms with E-state index in [1.165, 1.54) is 22.3 Å². The van der Waals surface area contributed by atoms with Gasteiger partial charge in [0.05, 0.1) is 19.3 Å². The Morgan fingerprint density at radius 3 is 2.89 bits per heavy atom. The first-order valence-electron chi connectivity index (χ1n) is 9.00. The first-order valence-corrected chi connectivity index (χ1v) is 9.82. The summed E-state index contributed by atoms with van der Waals surface area (Å²) in [6.45, 7) is 2.47. The third-order valence-corrected chi connectivity index (χ3v) is 5.64. The van der Waals surface area contributed by atoms with Crippen molar-refractivity contribution in [2.45, 2.75) is 32.6 Å². The van der Waals surface area contributed by atoms with E-state index in [1.807, 2.05) is 25.1 Å². The molecule has 6 heteroatoms. The number of nitrogens with zero attached hydrogens (tertiary/aromatic N) is 1. The Kier molecular flexibility index (Phi) is 6.15. The Hall–Kier alpha value is -2.78. The molecule has 27 heavy (non-hydrogen) atoms. The number of ether oxygens (including phenoxy) is 2. The Labute approximate surface area is 163 Å². The molecule has 140 valence electrons. The molecule has 0 unspecified atom stereocenters. The van der Waals surface area contributed by atoms with Crippen LogP contribution in [0.1, 0.15) is 41.3 Å². The third-order valence-electron chi connectivity index (χ3n) is 4.43. The second-order valence-corrected chi connectivity index (χ2v) is 7.30. The molecular formula is C21H22N2O3S. The SMILES string of the molecule is CCOc1ccc(/C=C/C(=O)Nc2sc3c(c2C#N)CCCC3)cc1OC. The number of nitrogens with one attached hydrogen (secondary N) is 1. The van der Waals surface area contributed by atoms with Crippen LogP contribution in [-0.4, -0.2) is 19.6 Å². The first kappa shape index (κ1) is 19.0. The van der Waals surface area contributed by atoms with Gasteiger partial charge in [0, 0.05) is 11.0 Å². The van der Waals surface area contributed by atoms with Crippen LogP contribution in [0.25, 0.3) is 6.08 Å². The minimum Gasteiger partial charge on any atom is -0.493 e. The zero-order valence-corrected chi connectivity index (χ0v) is 16.3. The number of fused-ring (bicyclic) bond motifs is 1. The van der Waals surface area contributed by atoms with Crippen LogP contribution in [0.2, 0.25) is 0 Å². The maximum atomic E-state index is 12.3. The van der Waals surface area contributed by atoms with Gasteiger partial charge in [-0.05, 0) is 61.9 Å². The Balaban J connectivity index is 1.73. The van der Waals surface area contributed by atoms with Crippen molar-refractivity contribution in [1.82, 2.24) is 0 Å². The lowest BCUT2D eigenvalue weighted by Crippen LogP contribution is -2.07. The van der Waals surface area contributed by atoms with Gasteiger partial charge in [0.15, 0.2) is 11.5 Å². The van der Waals surface area contributed by atoms with E-state index in [9.17, 15) is 10.1 Å². The highest BCUT2D eigenvalue weighted by Crippen LogP contribution is 2.37. The topological polar surface area (TPSA) is 71.3 Å². The van der Waals surface area contributed by atoms with Crippen LogP contribution in [0.15, 0.2) is 24.3 Å². The van der Waals surface area contributed by atoms with Crippen LogP contribution in [0, 0.1) is 11.3 Å². The van der Waals surface area contributed by atoms with Gasteiger partial charge < -0.3 is 14.8 Å². The Morgan fingerprint density at radius 1 is 1.33 bits per heavy atom. The predicted octanol–water partition coefficient (Wildman–Crippen LogP) is 4.56. The predicted molar refractivity (Wildman–Crippen MR) is 108 cm³/mol. The second-order valence-electron chi connectivity index (χ2n) is 6.19. The number of aryl methyl sites for hydroxylation is 1. The van der Waals surface area contributed by atoms with E-state index in [2.05, 4.69) is 11.4 Å². The highest BCUT2D eigenvalue weighted by molar-refractivity contribution is 7.16. The molecule has 1 heterocycles. The smallest absolute Gasteiger partial charge is 0.249 e. The lowest BCUT2D eigenvalue weighted by Gasteiger charge is -2.09. The number of benzene rings is 1. The highest BCUT2D eigenvalue weighted by Gasteiger charge is 2.21. The van der Waals surface area contributed by atoms with Crippen molar-refractivity contribution < 1.29 is 14.3 Å². The van der Waals surface area contributed by atoms with Crippen molar-refractivity contribution in [3.05, 3.63) is 45.8 Å². The number of nitriles is 1. The maximum absolute atomic E-state index is 12.3. The van der Waals surface area contributed by atoms with Gasteiger partial charge in [-0.2, -0.15) is 5.26 Å². The summed E-state index contributed by atoms with van der Waals surface area (Å²) in [5.41, 5.74) is 2.57. The zero-order valence-electron chi connectivity index (χ0n) is 15.5. The van der Waals surface area contributed by atoms with Crippen LogP contribution in [0.3, 0.4) is 0 Å². The van der Waals surface area contributed by atoms with Crippen LogP contribution in [-0.2, 0) is 17.6 Å². The fourth-order valence-electron chi connectivity index (χ4n) is 3.16. The van der Waals surface area contributed by atoms with Gasteiger partial charge >= 0.3 is 0 Å². The normalized spacial score (nSPS) is 13.1. The van der Waals surface area contributed by atoms with Gasteiger partial charge in [0.2, 0.25) is 5.91 Å². The highest BCUT2D eigenvalue weighted by atomic mass is 32.1. The fraction of sp³-hybridized carbons (Fsp3) is 0.333. The first-order chi connectivity index (χ1) is 13.2. The van der Waals surface area contributed by atoms with E-state index in [1.54, 1.807) is 13.2 Å². The summed E-state index contributed by atoms with van der Waals surface area (Å²) in [7, 11) is 1.58. The molecule has 0 aliphatic heterocycles. The molecular weight excluding hydrogens is 360 g/mol. The van der Waals surface area contributed by atoms with Gasteiger partial charge in [0.25, 0.3) is 0 Å². The lowest BCUT2D eigenvalue weighted by atomic mass is 9.96. The molecule has 0 bridgehead atoms. The van der Waals surface area contributed by atoms with Crippen molar-refractivity contribution >= 4 is 28.3 Å². The largest absolute Gasteiger partial charge is 0.493 e. The van der Waals surface area contributed by atoms with Crippen molar-refractivity contribution in [2.75, 3.05) is 19.0 Å². The number of rotatable bonds is 6. The van der Waals surface area contributed by atoms with Crippen molar-refractivity contribution in [1.29, 1.82) is 5.26 Å². The average molecular weight is 382 g/mol. The minimum atomic E-state index is -0.252. The molecule has 1 aliphatic carbocycles. The minimum absolute atomic E-state index is 0.252. The quantitative estimate of drug-likeness (QED) is 0.744. The number of thiophene rings is 1. The van der Waals surface area contributed by atoms with Gasteiger partial charge in [-0.3, -0.25) is 4.79 Å². The monoisotopic (exact) mass is 382 g/mol. The average Bonchev–Trinajstić information content (AvgIpc) is 3.04. The summed E-state index contributed by atoms with van der Waals surface area (Å²) in [6.07, 6.45) is 7.34. The van der Waals surface area contributed by atoms with E-state index < -0.39 is 0 Å². The number of anilines is 1. The number of methoxy groups -OCH3 is 1. The summed E-state index contributed by atoms with van der Waals surface area (Å²) >= 11 is 1.53.